The lowest BCUT2D eigenvalue weighted by atomic mass is 9.81. The summed E-state index contributed by atoms with van der Waals surface area (Å²) in [7, 11) is 5.51. The van der Waals surface area contributed by atoms with Gasteiger partial charge in [-0.1, -0.05) is 11.6 Å². The summed E-state index contributed by atoms with van der Waals surface area (Å²) in [5.74, 6) is -0.474. The molecule has 12 heteroatoms. The molecule has 10 nitrogen and oxygen atoms in total. The van der Waals surface area contributed by atoms with E-state index in [4.69, 9.17) is 11.6 Å². The molecule has 1 aliphatic carbocycles. The fraction of sp³-hybridized carbons (Fsp3) is 0.500. The van der Waals surface area contributed by atoms with Crippen LogP contribution in [-0.2, 0) is 17.8 Å². The van der Waals surface area contributed by atoms with Gasteiger partial charge in [0.2, 0.25) is 5.91 Å². The third-order valence-electron chi connectivity index (χ3n) is 6.55. The molecule has 1 saturated carbocycles. The molecule has 4 rings (SSSR count). The van der Waals surface area contributed by atoms with Crippen LogP contribution in [0.15, 0.2) is 24.3 Å². The number of thiazole rings is 1. The standard InChI is InChI=1S/C24H32ClN7O3S/c1-31(2)23(34)14-4-9-17(28-24(35)30-29-16-7-5-15(25)6-8-16)19(12-14)26-21(33)22-27-18-10-11-32(3)13-20(18)36-22/h5-8,14,17,19,29H,4,9-13H2,1-3H3,(H,26,33)(H2,28,30,35)/t14?,17?,19-/m1/s1. The first kappa shape index (κ1) is 26.2. The first-order chi connectivity index (χ1) is 17.2. The fourth-order valence-electron chi connectivity index (χ4n) is 4.61. The number of aromatic nitrogens is 1. The molecule has 4 amide bonds. The summed E-state index contributed by atoms with van der Waals surface area (Å²) in [6.45, 7) is 1.70. The number of likely N-dealkylation sites (N-methyl/N-ethyl adjacent to an activating group) is 1. The van der Waals surface area contributed by atoms with Crippen molar-refractivity contribution < 1.29 is 14.4 Å². The van der Waals surface area contributed by atoms with Crippen LogP contribution in [0.25, 0.3) is 0 Å². The molecule has 3 atom stereocenters. The Morgan fingerprint density at radius 3 is 2.58 bits per heavy atom. The molecule has 0 radical (unpaired) electrons. The Morgan fingerprint density at radius 1 is 1.11 bits per heavy atom. The molecule has 1 aliphatic heterocycles. The summed E-state index contributed by atoms with van der Waals surface area (Å²) in [6, 6.07) is 5.74. The Hall–Kier alpha value is -2.89. The van der Waals surface area contributed by atoms with Gasteiger partial charge < -0.3 is 20.4 Å². The number of benzene rings is 1. The molecule has 36 heavy (non-hydrogen) atoms. The maximum atomic E-state index is 13.2. The average molecular weight is 534 g/mol. The van der Waals surface area contributed by atoms with Gasteiger partial charge >= 0.3 is 6.03 Å². The lowest BCUT2D eigenvalue weighted by Gasteiger charge is -2.37. The highest BCUT2D eigenvalue weighted by atomic mass is 35.5. The molecule has 194 valence electrons. The zero-order valence-electron chi connectivity index (χ0n) is 20.6. The Kier molecular flexibility index (Phi) is 8.32. The topological polar surface area (TPSA) is 119 Å². The Bertz CT molecular complexity index is 1110. The van der Waals surface area contributed by atoms with E-state index in [1.807, 2.05) is 0 Å². The van der Waals surface area contributed by atoms with Gasteiger partial charge in [0.25, 0.3) is 5.91 Å². The Morgan fingerprint density at radius 2 is 1.86 bits per heavy atom. The highest BCUT2D eigenvalue weighted by Crippen LogP contribution is 2.28. The number of urea groups is 1. The largest absolute Gasteiger partial charge is 0.349 e. The molecular weight excluding hydrogens is 502 g/mol. The summed E-state index contributed by atoms with van der Waals surface area (Å²) in [5, 5.41) is 7.03. The molecule has 0 spiro atoms. The molecule has 4 N–H and O–H groups in total. The number of hydrogen-bond donors (Lipinski definition) is 4. The first-order valence-corrected chi connectivity index (χ1v) is 13.2. The first-order valence-electron chi connectivity index (χ1n) is 12.0. The monoisotopic (exact) mass is 533 g/mol. The van der Waals surface area contributed by atoms with Gasteiger partial charge in [-0.05, 0) is 50.6 Å². The van der Waals surface area contributed by atoms with Crippen LogP contribution in [0.5, 0.6) is 0 Å². The van der Waals surface area contributed by atoms with Crippen molar-refractivity contribution in [1.82, 2.24) is 30.8 Å². The van der Waals surface area contributed by atoms with Crippen LogP contribution in [0.4, 0.5) is 10.5 Å². The number of anilines is 1. The molecule has 2 aromatic rings. The molecule has 2 unspecified atom stereocenters. The molecule has 0 bridgehead atoms. The number of fused-ring (bicyclic) bond motifs is 1. The number of rotatable bonds is 6. The highest BCUT2D eigenvalue weighted by Gasteiger charge is 2.37. The van der Waals surface area contributed by atoms with E-state index in [1.54, 1.807) is 43.3 Å². The lowest BCUT2D eigenvalue weighted by molar-refractivity contribution is -0.134. The summed E-state index contributed by atoms with van der Waals surface area (Å²) in [5.41, 5.74) is 7.11. The fourth-order valence-corrected chi connectivity index (χ4v) is 5.83. The van der Waals surface area contributed by atoms with Crippen molar-refractivity contribution in [2.45, 2.75) is 44.3 Å². The van der Waals surface area contributed by atoms with E-state index in [2.05, 4.69) is 38.4 Å². The van der Waals surface area contributed by atoms with Crippen LogP contribution >= 0.6 is 22.9 Å². The Balaban J connectivity index is 1.42. The summed E-state index contributed by atoms with van der Waals surface area (Å²) < 4.78 is 0. The number of amides is 4. The molecule has 1 fully saturated rings. The zero-order valence-corrected chi connectivity index (χ0v) is 22.2. The summed E-state index contributed by atoms with van der Waals surface area (Å²) in [4.78, 5) is 47.9. The number of carbonyl (C=O) groups excluding carboxylic acids is 3. The minimum absolute atomic E-state index is 0.0225. The van der Waals surface area contributed by atoms with Crippen LogP contribution in [-0.4, -0.2) is 72.4 Å². The SMILES string of the molecule is CN1CCc2nc(C(=O)N[C@@H]3CC(C(=O)N(C)C)CCC3NC(=O)NNc3ccc(Cl)cc3)sc2C1. The average Bonchev–Trinajstić information content (AvgIpc) is 3.27. The van der Waals surface area contributed by atoms with Gasteiger partial charge in [0.15, 0.2) is 5.01 Å². The van der Waals surface area contributed by atoms with Gasteiger partial charge in [-0.15, -0.1) is 11.3 Å². The van der Waals surface area contributed by atoms with E-state index in [0.29, 0.717) is 35.0 Å². The van der Waals surface area contributed by atoms with Gasteiger partial charge in [-0.25, -0.2) is 9.78 Å². The summed E-state index contributed by atoms with van der Waals surface area (Å²) in [6.07, 6.45) is 2.44. The number of nitrogens with zero attached hydrogens (tertiary/aromatic N) is 3. The zero-order chi connectivity index (χ0) is 25.8. The minimum Gasteiger partial charge on any atom is -0.349 e. The number of carbonyl (C=O) groups is 3. The van der Waals surface area contributed by atoms with Crippen molar-refractivity contribution in [3.05, 3.63) is 44.9 Å². The van der Waals surface area contributed by atoms with Gasteiger partial charge in [-0.2, -0.15) is 0 Å². The molecule has 2 aliphatic rings. The summed E-state index contributed by atoms with van der Waals surface area (Å²) >= 11 is 7.31. The third kappa shape index (κ3) is 6.45. The van der Waals surface area contributed by atoms with Crippen LogP contribution in [0.1, 0.15) is 39.6 Å². The maximum absolute atomic E-state index is 13.2. The second-order valence-corrected chi connectivity index (χ2v) is 11.1. The van der Waals surface area contributed by atoms with E-state index in [0.717, 1.165) is 30.1 Å². The van der Waals surface area contributed by atoms with E-state index < -0.39 is 12.1 Å². The van der Waals surface area contributed by atoms with Crippen molar-refractivity contribution in [3.63, 3.8) is 0 Å². The molecule has 1 aromatic carbocycles. The normalized spacial score (nSPS) is 21.7. The van der Waals surface area contributed by atoms with E-state index >= 15 is 0 Å². The van der Waals surface area contributed by atoms with Crippen molar-refractivity contribution in [2.24, 2.45) is 5.92 Å². The second kappa shape index (κ2) is 11.4. The molecular formula is C24H32ClN7O3S. The number of nitrogens with one attached hydrogen (secondary N) is 4. The molecule has 2 heterocycles. The highest BCUT2D eigenvalue weighted by molar-refractivity contribution is 7.13. The quantitative estimate of drug-likeness (QED) is 0.424. The van der Waals surface area contributed by atoms with Gasteiger partial charge in [0.1, 0.15) is 0 Å². The minimum atomic E-state index is -0.431. The van der Waals surface area contributed by atoms with E-state index in [9.17, 15) is 14.4 Å². The lowest BCUT2D eigenvalue weighted by Crippen LogP contribution is -2.57. The predicted molar refractivity (Wildman–Crippen MR) is 140 cm³/mol. The number of hydrazine groups is 1. The van der Waals surface area contributed by atoms with E-state index in [-0.39, 0.29) is 23.8 Å². The predicted octanol–water partition coefficient (Wildman–Crippen LogP) is 2.47. The van der Waals surface area contributed by atoms with Gasteiger partial charge in [0.05, 0.1) is 23.5 Å². The molecule has 1 aromatic heterocycles. The second-order valence-electron chi connectivity index (χ2n) is 9.54. The van der Waals surface area contributed by atoms with Crippen LogP contribution < -0.4 is 21.5 Å². The third-order valence-corrected chi connectivity index (χ3v) is 7.89. The van der Waals surface area contributed by atoms with Crippen molar-refractivity contribution >= 4 is 46.5 Å². The van der Waals surface area contributed by atoms with Gasteiger partial charge in [0, 0.05) is 49.4 Å². The molecule has 0 saturated heterocycles. The van der Waals surface area contributed by atoms with Crippen molar-refractivity contribution in [2.75, 3.05) is 33.1 Å². The van der Waals surface area contributed by atoms with Gasteiger partial charge in [-0.3, -0.25) is 20.4 Å². The van der Waals surface area contributed by atoms with Crippen molar-refractivity contribution in [1.29, 1.82) is 0 Å². The number of halogens is 1. The van der Waals surface area contributed by atoms with Crippen LogP contribution in [0.2, 0.25) is 5.02 Å². The van der Waals surface area contributed by atoms with Crippen molar-refractivity contribution in [3.8, 4) is 0 Å². The maximum Gasteiger partial charge on any atom is 0.333 e. The van der Waals surface area contributed by atoms with E-state index in [1.165, 1.54) is 11.3 Å². The number of hydrogen-bond acceptors (Lipinski definition) is 7. The smallest absolute Gasteiger partial charge is 0.333 e. The Labute approximate surface area is 219 Å². The van der Waals surface area contributed by atoms with Crippen LogP contribution in [0, 0.1) is 5.92 Å². The van der Waals surface area contributed by atoms with Crippen LogP contribution in [0.3, 0.4) is 0 Å².